The van der Waals surface area contributed by atoms with Crippen LogP contribution in [0.4, 0.5) is 0 Å². The summed E-state index contributed by atoms with van der Waals surface area (Å²) < 4.78 is 23.4. The van der Waals surface area contributed by atoms with Gasteiger partial charge in [0.25, 0.3) is 10.0 Å². The molecule has 0 aliphatic heterocycles. The second kappa shape index (κ2) is 6.53. The molecule has 0 bridgehead atoms. The molecule has 0 atom stereocenters. The van der Waals surface area contributed by atoms with Crippen molar-refractivity contribution in [1.82, 2.24) is 4.41 Å². The van der Waals surface area contributed by atoms with Gasteiger partial charge in [0.15, 0.2) is 0 Å². The molecule has 0 aromatic rings. The maximum absolute atomic E-state index is 11.4. The van der Waals surface area contributed by atoms with E-state index in [-0.39, 0.29) is 12.3 Å². The van der Waals surface area contributed by atoms with E-state index < -0.39 is 10.0 Å². The second-order valence-electron chi connectivity index (χ2n) is 2.90. The summed E-state index contributed by atoms with van der Waals surface area (Å²) >= 11 is 0. The van der Waals surface area contributed by atoms with Gasteiger partial charge in [0, 0.05) is 0 Å². The molecule has 0 aromatic heterocycles. The average molecular weight is 220 g/mol. The molecule has 0 aliphatic carbocycles. The van der Waals surface area contributed by atoms with Gasteiger partial charge < -0.3 is 0 Å². The summed E-state index contributed by atoms with van der Waals surface area (Å²) in [6.45, 7) is 5.27. The summed E-state index contributed by atoms with van der Waals surface area (Å²) in [5.41, 5.74) is 0. The van der Waals surface area contributed by atoms with Gasteiger partial charge in [0.1, 0.15) is 0 Å². The van der Waals surface area contributed by atoms with Crippen LogP contribution in [0.1, 0.15) is 26.2 Å². The smallest absolute Gasteiger partial charge is 0.205 e. The number of nitroso groups, excluding NO2 is 1. The zero-order valence-electron chi connectivity index (χ0n) is 8.35. The van der Waals surface area contributed by atoms with Gasteiger partial charge in [-0.2, -0.15) is 4.41 Å². The standard InChI is InChI=1S/C8H16N2O3S/c1-3-5-6-8-14(12,13)10(9-11)7-4-2/h4H,2-3,5-8H2,1H3. The average Bonchev–Trinajstić information content (AvgIpc) is 2.14. The van der Waals surface area contributed by atoms with E-state index in [1.54, 1.807) is 0 Å². The Morgan fingerprint density at radius 1 is 1.43 bits per heavy atom. The van der Waals surface area contributed by atoms with Crippen molar-refractivity contribution in [3.63, 3.8) is 0 Å². The van der Waals surface area contributed by atoms with Gasteiger partial charge >= 0.3 is 0 Å². The van der Waals surface area contributed by atoms with E-state index in [0.29, 0.717) is 10.8 Å². The van der Waals surface area contributed by atoms with E-state index in [0.717, 1.165) is 12.8 Å². The number of hydrogen-bond donors (Lipinski definition) is 0. The van der Waals surface area contributed by atoms with E-state index in [2.05, 4.69) is 11.9 Å². The van der Waals surface area contributed by atoms with E-state index in [1.807, 2.05) is 6.92 Å². The van der Waals surface area contributed by atoms with E-state index in [4.69, 9.17) is 0 Å². The lowest BCUT2D eigenvalue weighted by molar-refractivity contribution is 0.456. The quantitative estimate of drug-likeness (QED) is 0.270. The van der Waals surface area contributed by atoms with Gasteiger partial charge in [-0.3, -0.25) is 0 Å². The van der Waals surface area contributed by atoms with Crippen molar-refractivity contribution in [2.24, 2.45) is 5.29 Å². The third-order valence-electron chi connectivity index (χ3n) is 1.70. The SMILES string of the molecule is C=CCN(N=O)S(=O)(=O)CCCCC. The van der Waals surface area contributed by atoms with Crippen LogP contribution in [0.2, 0.25) is 0 Å². The van der Waals surface area contributed by atoms with Crippen molar-refractivity contribution >= 4 is 10.0 Å². The van der Waals surface area contributed by atoms with Crippen LogP contribution in [0.25, 0.3) is 0 Å². The third kappa shape index (κ3) is 4.36. The number of unbranched alkanes of at least 4 members (excludes halogenated alkanes) is 2. The molecule has 0 aliphatic rings. The summed E-state index contributed by atoms with van der Waals surface area (Å²) in [5.74, 6) is -0.0274. The lowest BCUT2D eigenvalue weighted by Gasteiger charge is -2.12. The van der Waals surface area contributed by atoms with Crippen LogP contribution >= 0.6 is 0 Å². The molecule has 0 N–H and O–H groups in total. The zero-order chi connectivity index (χ0) is 11.0. The fourth-order valence-electron chi connectivity index (χ4n) is 0.948. The molecule has 0 saturated heterocycles. The highest BCUT2D eigenvalue weighted by Crippen LogP contribution is 2.06. The predicted molar refractivity (Wildman–Crippen MR) is 56.0 cm³/mol. The van der Waals surface area contributed by atoms with Gasteiger partial charge in [0.2, 0.25) is 0 Å². The Morgan fingerprint density at radius 3 is 2.50 bits per heavy atom. The summed E-state index contributed by atoms with van der Waals surface area (Å²) in [5, 5.41) is 2.45. The molecule has 0 rings (SSSR count). The van der Waals surface area contributed by atoms with Gasteiger partial charge in [-0.15, -0.1) is 11.5 Å². The number of hydrogen-bond acceptors (Lipinski definition) is 4. The highest BCUT2D eigenvalue weighted by atomic mass is 32.2. The van der Waals surface area contributed by atoms with Crippen molar-refractivity contribution in [2.45, 2.75) is 26.2 Å². The van der Waals surface area contributed by atoms with Crippen LogP contribution in [0.3, 0.4) is 0 Å². The highest BCUT2D eigenvalue weighted by Gasteiger charge is 2.19. The lowest BCUT2D eigenvalue weighted by Crippen LogP contribution is -2.28. The molecule has 0 fully saturated rings. The van der Waals surface area contributed by atoms with Crippen LogP contribution in [0, 0.1) is 4.91 Å². The summed E-state index contributed by atoms with van der Waals surface area (Å²) in [4.78, 5) is 10.2. The lowest BCUT2D eigenvalue weighted by atomic mass is 10.3. The Hall–Kier alpha value is -0.910. The summed E-state index contributed by atoms with van der Waals surface area (Å²) in [6.07, 6.45) is 3.66. The van der Waals surface area contributed by atoms with Crippen LogP contribution in [-0.2, 0) is 10.0 Å². The van der Waals surface area contributed by atoms with Crippen LogP contribution in [0.5, 0.6) is 0 Å². The summed E-state index contributed by atoms with van der Waals surface area (Å²) in [6, 6.07) is 0. The van der Waals surface area contributed by atoms with Crippen molar-refractivity contribution in [3.05, 3.63) is 17.6 Å². The minimum absolute atomic E-state index is 0.0274. The van der Waals surface area contributed by atoms with Gasteiger partial charge in [-0.05, 0) is 6.42 Å². The number of sulfonamides is 1. The molecule has 0 amide bonds. The molecule has 6 heteroatoms. The fraction of sp³-hybridized carbons (Fsp3) is 0.750. The molecule has 0 saturated carbocycles. The maximum Gasteiger partial charge on any atom is 0.252 e. The van der Waals surface area contributed by atoms with E-state index >= 15 is 0 Å². The Morgan fingerprint density at radius 2 is 2.07 bits per heavy atom. The molecule has 82 valence electrons. The van der Waals surface area contributed by atoms with Crippen LogP contribution < -0.4 is 0 Å². The Balaban J connectivity index is 4.26. The normalized spacial score (nSPS) is 10.9. The molecule has 0 unspecified atom stereocenters. The first-order chi connectivity index (χ1) is 6.58. The number of rotatable bonds is 8. The zero-order valence-corrected chi connectivity index (χ0v) is 9.16. The van der Waals surface area contributed by atoms with E-state index in [9.17, 15) is 13.3 Å². The Bertz CT molecular complexity index is 274. The summed E-state index contributed by atoms with van der Waals surface area (Å²) in [7, 11) is -3.52. The highest BCUT2D eigenvalue weighted by molar-refractivity contribution is 7.89. The Labute approximate surface area is 84.8 Å². The van der Waals surface area contributed by atoms with Gasteiger partial charge in [-0.25, -0.2) is 8.42 Å². The minimum atomic E-state index is -3.52. The number of nitrogens with zero attached hydrogens (tertiary/aromatic N) is 2. The minimum Gasteiger partial charge on any atom is -0.205 e. The molecule has 0 radical (unpaired) electrons. The van der Waals surface area contributed by atoms with Crippen LogP contribution in [0.15, 0.2) is 17.9 Å². The van der Waals surface area contributed by atoms with Crippen molar-refractivity contribution in [1.29, 1.82) is 0 Å². The Kier molecular flexibility index (Phi) is 6.11. The second-order valence-corrected chi connectivity index (χ2v) is 4.89. The molecular weight excluding hydrogens is 204 g/mol. The monoisotopic (exact) mass is 220 g/mol. The maximum atomic E-state index is 11.4. The van der Waals surface area contributed by atoms with Gasteiger partial charge in [-0.1, -0.05) is 25.8 Å². The molecule has 5 nitrogen and oxygen atoms in total. The third-order valence-corrected chi connectivity index (χ3v) is 3.37. The van der Waals surface area contributed by atoms with Crippen molar-refractivity contribution < 1.29 is 8.42 Å². The van der Waals surface area contributed by atoms with Gasteiger partial charge in [0.05, 0.1) is 17.6 Å². The molecule has 0 heterocycles. The molecule has 0 aromatic carbocycles. The predicted octanol–water partition coefficient (Wildman–Crippen LogP) is 1.68. The first-order valence-electron chi connectivity index (χ1n) is 4.53. The largest absolute Gasteiger partial charge is 0.252 e. The topological polar surface area (TPSA) is 66.8 Å². The molecular formula is C8H16N2O3S. The van der Waals surface area contributed by atoms with Crippen molar-refractivity contribution in [3.8, 4) is 0 Å². The van der Waals surface area contributed by atoms with Crippen LogP contribution in [-0.4, -0.2) is 25.1 Å². The first-order valence-corrected chi connectivity index (χ1v) is 6.14. The van der Waals surface area contributed by atoms with Crippen molar-refractivity contribution in [2.75, 3.05) is 12.3 Å². The molecule has 0 spiro atoms. The molecule has 14 heavy (non-hydrogen) atoms. The van der Waals surface area contributed by atoms with E-state index in [1.165, 1.54) is 6.08 Å². The first kappa shape index (κ1) is 13.1. The fourth-order valence-corrected chi connectivity index (χ4v) is 2.16.